The fourth-order valence-corrected chi connectivity index (χ4v) is 1.99. The lowest BCUT2D eigenvalue weighted by molar-refractivity contribution is 0.974. The molecule has 0 saturated heterocycles. The number of alkyl halides is 1. The Bertz CT molecular complexity index is 477. The average molecular weight is 241 g/mol. The molecule has 0 N–H and O–H groups in total. The maximum Gasteiger partial charge on any atom is 0.110 e. The molecule has 2 nitrogen and oxygen atoms in total. The molecule has 0 bridgehead atoms. The Morgan fingerprint density at radius 2 is 2.20 bits per heavy atom. The molecule has 2 aromatic rings. The summed E-state index contributed by atoms with van der Waals surface area (Å²) in [5.74, 6) is 1.37. The van der Waals surface area contributed by atoms with Crippen molar-refractivity contribution in [1.82, 2.24) is 9.55 Å². The number of hydrogen-bond donors (Lipinski definition) is 0. The molecule has 0 radical (unpaired) electrons. The second-order valence-electron chi connectivity index (χ2n) is 3.25. The van der Waals surface area contributed by atoms with E-state index in [0.29, 0.717) is 10.9 Å². The average Bonchev–Trinajstić information content (AvgIpc) is 2.64. The highest BCUT2D eigenvalue weighted by molar-refractivity contribution is 6.32. The second kappa shape index (κ2) is 4.25. The molecular formula is C11H10Cl2N2. The molecular weight excluding hydrogens is 231 g/mol. The van der Waals surface area contributed by atoms with Crippen molar-refractivity contribution in [3.63, 3.8) is 0 Å². The molecule has 0 spiro atoms. The number of nitrogens with zero attached hydrogens (tertiary/aromatic N) is 2. The van der Waals surface area contributed by atoms with Gasteiger partial charge in [0.25, 0.3) is 0 Å². The predicted octanol–water partition coefficient (Wildman–Crippen LogP) is 3.57. The van der Waals surface area contributed by atoms with Gasteiger partial charge in [0.15, 0.2) is 0 Å². The zero-order chi connectivity index (χ0) is 10.8. The summed E-state index contributed by atoms with van der Waals surface area (Å²) in [6.45, 7) is 1.95. The van der Waals surface area contributed by atoms with E-state index in [1.165, 1.54) is 0 Å². The van der Waals surface area contributed by atoms with Gasteiger partial charge in [-0.05, 0) is 24.6 Å². The van der Waals surface area contributed by atoms with Gasteiger partial charge >= 0.3 is 0 Å². The van der Waals surface area contributed by atoms with Crippen LogP contribution >= 0.6 is 23.2 Å². The van der Waals surface area contributed by atoms with E-state index in [0.717, 1.165) is 17.1 Å². The fourth-order valence-electron chi connectivity index (χ4n) is 1.45. The molecule has 1 heterocycles. The van der Waals surface area contributed by atoms with Crippen LogP contribution in [0.15, 0.2) is 30.6 Å². The van der Waals surface area contributed by atoms with Crippen LogP contribution in [0.1, 0.15) is 11.4 Å². The van der Waals surface area contributed by atoms with E-state index in [9.17, 15) is 0 Å². The van der Waals surface area contributed by atoms with Gasteiger partial charge in [-0.15, -0.1) is 11.6 Å². The predicted molar refractivity (Wildman–Crippen MR) is 62.9 cm³/mol. The number of halogens is 2. The van der Waals surface area contributed by atoms with Crippen molar-refractivity contribution in [3.05, 3.63) is 47.0 Å². The van der Waals surface area contributed by atoms with Crippen LogP contribution in [0.5, 0.6) is 0 Å². The molecule has 15 heavy (non-hydrogen) atoms. The first-order valence-corrected chi connectivity index (χ1v) is 5.48. The Labute approximate surface area is 98.5 Å². The van der Waals surface area contributed by atoms with Crippen molar-refractivity contribution in [2.45, 2.75) is 12.8 Å². The fraction of sp³-hybridized carbons (Fsp3) is 0.182. The Hall–Kier alpha value is -0.990. The lowest BCUT2D eigenvalue weighted by Gasteiger charge is -2.07. The van der Waals surface area contributed by atoms with Crippen molar-refractivity contribution in [3.8, 4) is 5.69 Å². The standard InChI is InChI=1S/C11H10Cl2N2/c1-8-14-4-5-15(8)10-3-2-9(7-12)11(13)6-10/h2-6H,7H2,1H3. The van der Waals surface area contributed by atoms with Gasteiger partial charge in [0.2, 0.25) is 0 Å². The number of hydrogen-bond acceptors (Lipinski definition) is 1. The first-order valence-electron chi connectivity index (χ1n) is 4.57. The first-order chi connectivity index (χ1) is 7.22. The number of rotatable bonds is 2. The highest BCUT2D eigenvalue weighted by Crippen LogP contribution is 2.22. The normalized spacial score (nSPS) is 10.6. The Morgan fingerprint density at radius 3 is 2.73 bits per heavy atom. The van der Waals surface area contributed by atoms with E-state index in [2.05, 4.69) is 4.98 Å². The van der Waals surface area contributed by atoms with E-state index >= 15 is 0 Å². The lowest BCUT2D eigenvalue weighted by Crippen LogP contribution is -1.96. The molecule has 1 aromatic carbocycles. The topological polar surface area (TPSA) is 17.8 Å². The van der Waals surface area contributed by atoms with E-state index in [1.54, 1.807) is 6.20 Å². The van der Waals surface area contributed by atoms with E-state index < -0.39 is 0 Å². The molecule has 0 aliphatic rings. The summed E-state index contributed by atoms with van der Waals surface area (Å²) in [5, 5.41) is 0.690. The summed E-state index contributed by atoms with van der Waals surface area (Å²) in [5.41, 5.74) is 1.95. The third-order valence-electron chi connectivity index (χ3n) is 2.28. The molecule has 0 aliphatic heterocycles. The van der Waals surface area contributed by atoms with Crippen LogP contribution in [-0.2, 0) is 5.88 Å². The minimum absolute atomic E-state index is 0.433. The zero-order valence-electron chi connectivity index (χ0n) is 8.24. The SMILES string of the molecule is Cc1nccn1-c1ccc(CCl)c(Cl)c1. The molecule has 1 aromatic heterocycles. The van der Waals surface area contributed by atoms with Crippen molar-refractivity contribution in [2.75, 3.05) is 0 Å². The molecule has 2 rings (SSSR count). The molecule has 4 heteroatoms. The molecule has 0 unspecified atom stereocenters. The van der Waals surface area contributed by atoms with Crippen LogP contribution in [0.3, 0.4) is 0 Å². The Balaban J connectivity index is 2.47. The Kier molecular flexibility index (Phi) is 2.98. The van der Waals surface area contributed by atoms with Crippen molar-refractivity contribution in [2.24, 2.45) is 0 Å². The molecule has 0 saturated carbocycles. The van der Waals surface area contributed by atoms with Crippen LogP contribution < -0.4 is 0 Å². The minimum Gasteiger partial charge on any atom is -0.304 e. The smallest absolute Gasteiger partial charge is 0.110 e. The number of aromatic nitrogens is 2. The van der Waals surface area contributed by atoms with Crippen molar-refractivity contribution in [1.29, 1.82) is 0 Å². The van der Waals surface area contributed by atoms with E-state index in [-0.39, 0.29) is 0 Å². The summed E-state index contributed by atoms with van der Waals surface area (Å²) in [7, 11) is 0. The molecule has 0 fully saturated rings. The number of benzene rings is 1. The summed E-state index contributed by atoms with van der Waals surface area (Å²) >= 11 is 11.8. The first kappa shape index (κ1) is 10.5. The van der Waals surface area contributed by atoms with Gasteiger partial charge in [0.05, 0.1) is 0 Å². The third kappa shape index (κ3) is 2.01. The van der Waals surface area contributed by atoms with Gasteiger partial charge in [-0.3, -0.25) is 0 Å². The van der Waals surface area contributed by atoms with Gasteiger partial charge in [-0.25, -0.2) is 4.98 Å². The molecule has 0 atom stereocenters. The quantitative estimate of drug-likeness (QED) is 0.735. The van der Waals surface area contributed by atoms with Gasteiger partial charge < -0.3 is 4.57 Å². The largest absolute Gasteiger partial charge is 0.304 e. The van der Waals surface area contributed by atoms with Crippen molar-refractivity contribution >= 4 is 23.2 Å². The summed E-state index contributed by atoms with van der Waals surface area (Å²) in [6.07, 6.45) is 3.67. The minimum atomic E-state index is 0.433. The van der Waals surface area contributed by atoms with Crippen LogP contribution in [0.25, 0.3) is 5.69 Å². The summed E-state index contributed by atoms with van der Waals surface area (Å²) in [4.78, 5) is 4.16. The summed E-state index contributed by atoms with van der Waals surface area (Å²) in [6, 6.07) is 5.82. The van der Waals surface area contributed by atoms with Gasteiger partial charge in [-0.2, -0.15) is 0 Å². The maximum atomic E-state index is 6.08. The zero-order valence-corrected chi connectivity index (χ0v) is 9.76. The van der Waals surface area contributed by atoms with E-state index in [4.69, 9.17) is 23.2 Å². The Morgan fingerprint density at radius 1 is 1.40 bits per heavy atom. The number of imidazole rings is 1. The molecule has 0 amide bonds. The molecule has 0 aliphatic carbocycles. The third-order valence-corrected chi connectivity index (χ3v) is 2.92. The highest BCUT2D eigenvalue weighted by atomic mass is 35.5. The number of aryl methyl sites for hydroxylation is 1. The molecule has 78 valence electrons. The van der Waals surface area contributed by atoms with Crippen LogP contribution in [-0.4, -0.2) is 9.55 Å². The van der Waals surface area contributed by atoms with Crippen molar-refractivity contribution < 1.29 is 0 Å². The van der Waals surface area contributed by atoms with E-state index in [1.807, 2.05) is 35.9 Å². The summed E-state index contributed by atoms with van der Waals surface area (Å²) < 4.78 is 1.98. The van der Waals surface area contributed by atoms with Gasteiger partial charge in [-0.1, -0.05) is 17.7 Å². The highest BCUT2D eigenvalue weighted by Gasteiger charge is 2.04. The van der Waals surface area contributed by atoms with Gasteiger partial charge in [0, 0.05) is 29.0 Å². The van der Waals surface area contributed by atoms with Crippen LogP contribution in [0.4, 0.5) is 0 Å². The van der Waals surface area contributed by atoms with Crippen LogP contribution in [0, 0.1) is 6.92 Å². The maximum absolute atomic E-state index is 6.08. The lowest BCUT2D eigenvalue weighted by atomic mass is 10.2. The van der Waals surface area contributed by atoms with Gasteiger partial charge in [0.1, 0.15) is 5.82 Å². The second-order valence-corrected chi connectivity index (χ2v) is 3.93. The monoisotopic (exact) mass is 240 g/mol. The van der Waals surface area contributed by atoms with Crippen LogP contribution in [0.2, 0.25) is 5.02 Å².